The summed E-state index contributed by atoms with van der Waals surface area (Å²) in [6.07, 6.45) is 8.12. The van der Waals surface area contributed by atoms with E-state index in [1.54, 1.807) is 11.1 Å². The lowest BCUT2D eigenvalue weighted by Gasteiger charge is -2.39. The molecule has 0 unspecified atom stereocenters. The fraction of sp³-hybridized carbons (Fsp3) is 0.320. The number of piperazine rings is 1. The molecule has 1 aliphatic heterocycles. The number of carbonyl (C=O) groups is 1. The van der Waals surface area contributed by atoms with Crippen LogP contribution >= 0.6 is 0 Å². The summed E-state index contributed by atoms with van der Waals surface area (Å²) >= 11 is 0. The third-order valence-corrected chi connectivity index (χ3v) is 6.53. The number of carbonyl (C=O) groups excluding carboxylic acids is 1. The standard InChI is InChI=1S/C25H24F2N8O/c26-21-4-3-17(12-22(21)27)25(36)34-10-8-33(9-11-34)19(2-1-6-28)15-35-14-18(13-32-35)23-20-5-7-29-24(20)31-16-30-23/h3-5,7,12-14,16,19H,1-2,8-11,15H2,(H,29,30,31)/t19-/m1/s1. The van der Waals surface area contributed by atoms with Crippen molar-refractivity contribution in [1.82, 2.24) is 34.5 Å². The second kappa shape index (κ2) is 10.2. The second-order valence-corrected chi connectivity index (χ2v) is 8.72. The third-order valence-electron chi connectivity index (χ3n) is 6.53. The maximum Gasteiger partial charge on any atom is 0.254 e. The molecule has 9 nitrogen and oxygen atoms in total. The molecule has 5 rings (SSSR count). The molecule has 0 radical (unpaired) electrons. The van der Waals surface area contributed by atoms with Gasteiger partial charge in [0.1, 0.15) is 12.0 Å². The van der Waals surface area contributed by atoms with E-state index in [-0.39, 0.29) is 17.5 Å². The van der Waals surface area contributed by atoms with Crippen LogP contribution in [0.1, 0.15) is 23.2 Å². The lowest BCUT2D eigenvalue weighted by Crippen LogP contribution is -2.53. The summed E-state index contributed by atoms with van der Waals surface area (Å²) in [7, 11) is 0. The topological polar surface area (TPSA) is 107 Å². The van der Waals surface area contributed by atoms with Gasteiger partial charge in [-0.05, 0) is 30.7 Å². The Morgan fingerprint density at radius 1 is 1.14 bits per heavy atom. The highest BCUT2D eigenvalue weighted by atomic mass is 19.2. The maximum atomic E-state index is 13.6. The van der Waals surface area contributed by atoms with Crippen LogP contribution < -0.4 is 0 Å². The number of nitrogens with zero attached hydrogens (tertiary/aromatic N) is 7. The van der Waals surface area contributed by atoms with E-state index >= 15 is 0 Å². The molecule has 1 N–H and O–H groups in total. The monoisotopic (exact) mass is 490 g/mol. The van der Waals surface area contributed by atoms with Crippen LogP contribution in [0.25, 0.3) is 22.3 Å². The van der Waals surface area contributed by atoms with Crippen molar-refractivity contribution in [2.75, 3.05) is 26.2 Å². The molecule has 1 saturated heterocycles. The first-order chi connectivity index (χ1) is 17.5. The van der Waals surface area contributed by atoms with E-state index in [4.69, 9.17) is 0 Å². The fourth-order valence-electron chi connectivity index (χ4n) is 4.63. The van der Waals surface area contributed by atoms with Crippen molar-refractivity contribution in [2.45, 2.75) is 25.4 Å². The quantitative estimate of drug-likeness (QED) is 0.426. The zero-order chi connectivity index (χ0) is 25.1. The van der Waals surface area contributed by atoms with Crippen LogP contribution in [-0.4, -0.2) is 72.7 Å². The molecule has 36 heavy (non-hydrogen) atoms. The lowest BCUT2D eigenvalue weighted by atomic mass is 10.1. The SMILES string of the molecule is N#CCC[C@H](Cn1cc(-c2ncnc3[nH]ccc23)cn1)N1CCN(C(=O)c2ccc(F)c(F)c2)CC1. The molecular weight excluding hydrogens is 466 g/mol. The molecule has 1 aliphatic rings. The van der Waals surface area contributed by atoms with Crippen molar-refractivity contribution < 1.29 is 13.6 Å². The third kappa shape index (κ3) is 4.81. The number of aromatic nitrogens is 5. The Bertz CT molecular complexity index is 1420. The van der Waals surface area contributed by atoms with Gasteiger partial charge >= 0.3 is 0 Å². The van der Waals surface area contributed by atoms with E-state index in [0.29, 0.717) is 45.6 Å². The predicted octanol–water partition coefficient (Wildman–Crippen LogP) is 3.23. The molecule has 0 bridgehead atoms. The molecule has 1 amide bonds. The maximum absolute atomic E-state index is 13.6. The van der Waals surface area contributed by atoms with E-state index < -0.39 is 11.6 Å². The zero-order valence-corrected chi connectivity index (χ0v) is 19.4. The first-order valence-corrected chi connectivity index (χ1v) is 11.7. The van der Waals surface area contributed by atoms with Crippen LogP contribution in [0.2, 0.25) is 0 Å². The second-order valence-electron chi connectivity index (χ2n) is 8.72. The van der Waals surface area contributed by atoms with Gasteiger partial charge in [-0.15, -0.1) is 0 Å². The van der Waals surface area contributed by atoms with Crippen molar-refractivity contribution in [3.8, 4) is 17.3 Å². The number of hydrogen-bond acceptors (Lipinski definition) is 6. The zero-order valence-electron chi connectivity index (χ0n) is 19.4. The molecule has 0 saturated carbocycles. The van der Waals surface area contributed by atoms with E-state index in [9.17, 15) is 18.8 Å². The van der Waals surface area contributed by atoms with Crippen LogP contribution in [0.4, 0.5) is 8.78 Å². The van der Waals surface area contributed by atoms with Crippen LogP contribution in [0, 0.1) is 23.0 Å². The smallest absolute Gasteiger partial charge is 0.254 e. The van der Waals surface area contributed by atoms with Crippen molar-refractivity contribution in [3.63, 3.8) is 0 Å². The summed E-state index contributed by atoms with van der Waals surface area (Å²) < 4.78 is 28.7. The number of nitriles is 1. The molecular formula is C25H24F2N8O. The highest BCUT2D eigenvalue weighted by molar-refractivity contribution is 5.94. The Balaban J connectivity index is 1.26. The van der Waals surface area contributed by atoms with Gasteiger partial charge < -0.3 is 9.88 Å². The average molecular weight is 491 g/mol. The van der Waals surface area contributed by atoms with Gasteiger partial charge in [0, 0.05) is 67.5 Å². The lowest BCUT2D eigenvalue weighted by molar-refractivity contribution is 0.0535. The normalized spacial score (nSPS) is 15.2. The summed E-state index contributed by atoms with van der Waals surface area (Å²) in [6, 6.07) is 7.41. The number of hydrogen-bond donors (Lipinski definition) is 1. The Hall–Kier alpha value is -4.17. The van der Waals surface area contributed by atoms with Crippen LogP contribution in [0.3, 0.4) is 0 Å². The van der Waals surface area contributed by atoms with Gasteiger partial charge in [-0.2, -0.15) is 10.4 Å². The van der Waals surface area contributed by atoms with E-state index in [2.05, 4.69) is 31.0 Å². The Morgan fingerprint density at radius 2 is 1.97 bits per heavy atom. The predicted molar refractivity (Wildman–Crippen MR) is 128 cm³/mol. The number of H-pyrrole nitrogens is 1. The van der Waals surface area contributed by atoms with Crippen LogP contribution in [0.5, 0.6) is 0 Å². The van der Waals surface area contributed by atoms with Crippen LogP contribution in [-0.2, 0) is 6.54 Å². The van der Waals surface area contributed by atoms with Gasteiger partial charge in [-0.25, -0.2) is 18.7 Å². The number of rotatable bonds is 7. The molecule has 11 heteroatoms. The summed E-state index contributed by atoms with van der Waals surface area (Å²) in [6.45, 7) is 2.71. The largest absolute Gasteiger partial charge is 0.346 e. The van der Waals surface area contributed by atoms with Gasteiger partial charge in [0.05, 0.1) is 24.5 Å². The van der Waals surface area contributed by atoms with E-state index in [1.165, 1.54) is 12.4 Å². The summed E-state index contributed by atoms with van der Waals surface area (Å²) in [5.41, 5.74) is 2.57. The summed E-state index contributed by atoms with van der Waals surface area (Å²) in [5, 5.41) is 14.6. The Kier molecular flexibility index (Phi) is 6.69. The minimum absolute atomic E-state index is 0.0515. The number of fused-ring (bicyclic) bond motifs is 1. The fourth-order valence-corrected chi connectivity index (χ4v) is 4.63. The minimum Gasteiger partial charge on any atom is -0.346 e. The molecule has 4 aromatic rings. The number of aromatic amines is 1. The molecule has 3 aromatic heterocycles. The molecule has 4 heterocycles. The van der Waals surface area contributed by atoms with Gasteiger partial charge in [-0.3, -0.25) is 14.4 Å². The van der Waals surface area contributed by atoms with Gasteiger partial charge in [0.2, 0.25) is 0 Å². The average Bonchev–Trinajstić information content (AvgIpc) is 3.57. The summed E-state index contributed by atoms with van der Waals surface area (Å²) in [5.74, 6) is -2.33. The molecule has 1 fully saturated rings. The first kappa shape index (κ1) is 23.6. The highest BCUT2D eigenvalue weighted by Crippen LogP contribution is 2.24. The van der Waals surface area contributed by atoms with E-state index in [1.807, 2.05) is 23.1 Å². The van der Waals surface area contributed by atoms with Crippen LogP contribution in [0.15, 0.2) is 49.2 Å². The molecule has 0 aliphatic carbocycles. The van der Waals surface area contributed by atoms with Crippen molar-refractivity contribution in [3.05, 3.63) is 66.4 Å². The van der Waals surface area contributed by atoms with Crippen molar-refractivity contribution in [2.24, 2.45) is 0 Å². The molecule has 184 valence electrons. The van der Waals surface area contributed by atoms with Gasteiger partial charge in [0.15, 0.2) is 11.6 Å². The highest BCUT2D eigenvalue weighted by Gasteiger charge is 2.27. The Morgan fingerprint density at radius 3 is 2.75 bits per heavy atom. The van der Waals surface area contributed by atoms with Crippen molar-refractivity contribution in [1.29, 1.82) is 5.26 Å². The van der Waals surface area contributed by atoms with Crippen molar-refractivity contribution >= 4 is 16.9 Å². The number of amides is 1. The first-order valence-electron chi connectivity index (χ1n) is 11.7. The van der Waals surface area contributed by atoms with Gasteiger partial charge in [0.25, 0.3) is 5.91 Å². The molecule has 0 spiro atoms. The molecule has 1 atom stereocenters. The Labute approximate surface area is 206 Å². The number of halogens is 2. The molecule has 1 aromatic carbocycles. The number of benzene rings is 1. The van der Waals surface area contributed by atoms with Gasteiger partial charge in [-0.1, -0.05) is 0 Å². The number of nitrogens with one attached hydrogen (secondary N) is 1. The minimum atomic E-state index is -1.03. The van der Waals surface area contributed by atoms with E-state index in [0.717, 1.165) is 34.4 Å². The summed E-state index contributed by atoms with van der Waals surface area (Å²) in [4.78, 5) is 28.4.